The van der Waals surface area contributed by atoms with Crippen LogP contribution in [0.1, 0.15) is 17.1 Å². The molecule has 4 aromatic rings. The van der Waals surface area contributed by atoms with Gasteiger partial charge in [0.25, 0.3) is 0 Å². The zero-order chi connectivity index (χ0) is 21.5. The quantitative estimate of drug-likeness (QED) is 0.337. The smallest absolute Gasteiger partial charge is 0.127 e. The highest BCUT2D eigenvalue weighted by Gasteiger charge is 2.05. The van der Waals surface area contributed by atoms with Crippen molar-refractivity contribution in [2.24, 2.45) is 0 Å². The van der Waals surface area contributed by atoms with Gasteiger partial charge in [0.2, 0.25) is 0 Å². The summed E-state index contributed by atoms with van der Waals surface area (Å²) in [6, 6.07) is 22.2. The van der Waals surface area contributed by atoms with Crippen LogP contribution >= 0.6 is 0 Å². The fourth-order valence-electron chi connectivity index (χ4n) is 3.35. The van der Waals surface area contributed by atoms with Gasteiger partial charge in [-0.3, -0.25) is 0 Å². The van der Waals surface area contributed by atoms with Crippen molar-refractivity contribution in [2.75, 3.05) is 31.0 Å². The molecule has 0 aliphatic rings. The second kappa shape index (κ2) is 10.00. The number of ether oxygens (including phenoxy) is 2. The van der Waals surface area contributed by atoms with E-state index < -0.39 is 0 Å². The Morgan fingerprint density at radius 2 is 1.81 bits per heavy atom. The molecule has 0 radical (unpaired) electrons. The molecule has 0 amide bonds. The van der Waals surface area contributed by atoms with E-state index in [1.54, 1.807) is 7.11 Å². The van der Waals surface area contributed by atoms with E-state index in [4.69, 9.17) is 18.9 Å². The third kappa shape index (κ3) is 5.55. The zero-order valence-corrected chi connectivity index (χ0v) is 17.9. The lowest BCUT2D eigenvalue weighted by Gasteiger charge is -2.12. The molecule has 2 N–H and O–H groups in total. The van der Waals surface area contributed by atoms with Crippen molar-refractivity contribution in [3.63, 3.8) is 0 Å². The predicted octanol–water partition coefficient (Wildman–Crippen LogP) is 5.39. The van der Waals surface area contributed by atoms with Crippen molar-refractivity contribution in [1.29, 1.82) is 0 Å². The molecule has 0 aliphatic carbocycles. The molecule has 0 spiro atoms. The first kappa shape index (κ1) is 20.8. The maximum absolute atomic E-state index is 5.70. The molecule has 0 saturated heterocycles. The summed E-state index contributed by atoms with van der Waals surface area (Å²) in [4.78, 5) is 4.74. The second-order valence-corrected chi connectivity index (χ2v) is 7.28. The first-order valence-corrected chi connectivity index (χ1v) is 10.3. The summed E-state index contributed by atoms with van der Waals surface area (Å²) in [5.74, 6) is 3.47. The molecule has 31 heavy (non-hydrogen) atoms. The summed E-state index contributed by atoms with van der Waals surface area (Å²) in [6.45, 7) is 4.35. The standard InChI is InChI=1S/C25H27N3O3/c1-18-9-10-21(31-18)17-27-25-12-11-22-23(7-4-8-24(22)28-25)26-16-19-5-3-6-20(15-19)30-14-13-29-2/h3-12,15,26H,13-14,16-17H2,1-2H3,(H,27,28). The van der Waals surface area contributed by atoms with Crippen LogP contribution in [0.5, 0.6) is 5.75 Å². The van der Waals surface area contributed by atoms with Gasteiger partial charge in [0.1, 0.15) is 29.7 Å². The Morgan fingerprint density at radius 3 is 2.65 bits per heavy atom. The number of benzene rings is 2. The van der Waals surface area contributed by atoms with E-state index in [0.29, 0.717) is 26.3 Å². The van der Waals surface area contributed by atoms with E-state index in [1.807, 2.05) is 55.5 Å². The van der Waals surface area contributed by atoms with Crippen LogP contribution in [0.3, 0.4) is 0 Å². The van der Waals surface area contributed by atoms with Crippen LogP contribution < -0.4 is 15.4 Å². The van der Waals surface area contributed by atoms with Gasteiger partial charge in [0, 0.05) is 24.7 Å². The van der Waals surface area contributed by atoms with Gasteiger partial charge in [-0.25, -0.2) is 4.98 Å². The van der Waals surface area contributed by atoms with Crippen molar-refractivity contribution < 1.29 is 13.9 Å². The second-order valence-electron chi connectivity index (χ2n) is 7.28. The maximum Gasteiger partial charge on any atom is 0.127 e. The lowest BCUT2D eigenvalue weighted by molar-refractivity contribution is 0.146. The summed E-state index contributed by atoms with van der Waals surface area (Å²) in [6.07, 6.45) is 0. The average Bonchev–Trinajstić information content (AvgIpc) is 3.21. The zero-order valence-electron chi connectivity index (χ0n) is 17.9. The van der Waals surface area contributed by atoms with Crippen molar-refractivity contribution >= 4 is 22.4 Å². The highest BCUT2D eigenvalue weighted by Crippen LogP contribution is 2.25. The number of aromatic nitrogens is 1. The van der Waals surface area contributed by atoms with Crippen LogP contribution in [-0.4, -0.2) is 25.3 Å². The number of methoxy groups -OCH3 is 1. The molecule has 0 unspecified atom stereocenters. The number of furan rings is 1. The van der Waals surface area contributed by atoms with Crippen LogP contribution in [0, 0.1) is 6.92 Å². The molecule has 6 heteroatoms. The van der Waals surface area contributed by atoms with E-state index >= 15 is 0 Å². The van der Waals surface area contributed by atoms with Crippen LogP contribution in [0.25, 0.3) is 10.9 Å². The van der Waals surface area contributed by atoms with Crippen LogP contribution in [0.15, 0.2) is 71.1 Å². The third-order valence-corrected chi connectivity index (χ3v) is 4.91. The van der Waals surface area contributed by atoms with E-state index in [0.717, 1.165) is 45.2 Å². The molecule has 0 bridgehead atoms. The van der Waals surface area contributed by atoms with Crippen LogP contribution in [0.2, 0.25) is 0 Å². The lowest BCUT2D eigenvalue weighted by Crippen LogP contribution is -2.05. The van der Waals surface area contributed by atoms with E-state index in [-0.39, 0.29) is 0 Å². The van der Waals surface area contributed by atoms with Gasteiger partial charge in [-0.05, 0) is 61.0 Å². The molecule has 4 rings (SSSR count). The highest BCUT2D eigenvalue weighted by molar-refractivity contribution is 5.92. The first-order valence-electron chi connectivity index (χ1n) is 10.3. The molecule has 2 aromatic carbocycles. The topological polar surface area (TPSA) is 68.6 Å². The Morgan fingerprint density at radius 1 is 0.903 bits per heavy atom. The van der Waals surface area contributed by atoms with E-state index in [1.165, 1.54) is 0 Å². The van der Waals surface area contributed by atoms with Crippen LogP contribution in [-0.2, 0) is 17.8 Å². The minimum Gasteiger partial charge on any atom is -0.491 e. The minimum atomic E-state index is 0.540. The molecule has 2 aromatic heterocycles. The van der Waals surface area contributed by atoms with Gasteiger partial charge in [-0.15, -0.1) is 0 Å². The SMILES string of the molecule is COCCOc1cccc(CNc2cccc3nc(NCc4ccc(C)o4)ccc23)c1. The molecule has 0 saturated carbocycles. The Kier molecular flexibility index (Phi) is 6.69. The molecule has 160 valence electrons. The van der Waals surface area contributed by atoms with E-state index in [9.17, 15) is 0 Å². The molecule has 6 nitrogen and oxygen atoms in total. The Bertz CT molecular complexity index is 1140. The van der Waals surface area contributed by atoms with E-state index in [2.05, 4.69) is 28.8 Å². The Hall–Kier alpha value is -3.51. The van der Waals surface area contributed by atoms with Crippen LogP contribution in [0.4, 0.5) is 11.5 Å². The first-order chi connectivity index (χ1) is 15.2. The summed E-state index contributed by atoms with van der Waals surface area (Å²) >= 11 is 0. The summed E-state index contributed by atoms with van der Waals surface area (Å²) in [7, 11) is 1.67. The van der Waals surface area contributed by atoms with Gasteiger partial charge >= 0.3 is 0 Å². The van der Waals surface area contributed by atoms with Gasteiger partial charge < -0.3 is 24.5 Å². The van der Waals surface area contributed by atoms with Gasteiger partial charge in [0.15, 0.2) is 0 Å². The minimum absolute atomic E-state index is 0.540. The third-order valence-electron chi connectivity index (χ3n) is 4.91. The largest absolute Gasteiger partial charge is 0.491 e. The molecular formula is C25H27N3O3. The number of hydrogen-bond acceptors (Lipinski definition) is 6. The van der Waals surface area contributed by atoms with Gasteiger partial charge in [0.05, 0.1) is 18.7 Å². The maximum atomic E-state index is 5.70. The van der Waals surface area contributed by atoms with Crippen molar-refractivity contribution in [3.8, 4) is 5.75 Å². The van der Waals surface area contributed by atoms with Crippen molar-refractivity contribution in [1.82, 2.24) is 4.98 Å². The average molecular weight is 418 g/mol. The predicted molar refractivity (Wildman–Crippen MR) is 124 cm³/mol. The highest BCUT2D eigenvalue weighted by atomic mass is 16.5. The number of fused-ring (bicyclic) bond motifs is 1. The van der Waals surface area contributed by atoms with Gasteiger partial charge in [-0.1, -0.05) is 18.2 Å². The molecule has 0 fully saturated rings. The fourth-order valence-corrected chi connectivity index (χ4v) is 3.35. The molecule has 0 atom stereocenters. The molecule has 2 heterocycles. The molecule has 0 aliphatic heterocycles. The number of anilines is 2. The number of nitrogens with zero attached hydrogens (tertiary/aromatic N) is 1. The van der Waals surface area contributed by atoms with Crippen molar-refractivity contribution in [3.05, 3.63) is 83.8 Å². The number of hydrogen-bond donors (Lipinski definition) is 2. The number of nitrogens with one attached hydrogen (secondary N) is 2. The lowest BCUT2D eigenvalue weighted by atomic mass is 10.1. The molecular weight excluding hydrogens is 390 g/mol. The summed E-state index contributed by atoms with van der Waals surface area (Å²) in [5, 5.41) is 7.92. The fraction of sp³-hybridized carbons (Fsp3) is 0.240. The van der Waals surface area contributed by atoms with Gasteiger partial charge in [-0.2, -0.15) is 0 Å². The Balaban J connectivity index is 1.42. The normalized spacial score (nSPS) is 10.9. The number of aryl methyl sites for hydroxylation is 1. The summed E-state index contributed by atoms with van der Waals surface area (Å²) < 4.78 is 16.3. The van der Waals surface area contributed by atoms with Crippen molar-refractivity contribution in [2.45, 2.75) is 20.0 Å². The summed E-state index contributed by atoms with van der Waals surface area (Å²) in [5.41, 5.74) is 3.12. The number of pyridine rings is 1. The number of rotatable bonds is 10. The monoisotopic (exact) mass is 417 g/mol. The Labute approximate surface area is 182 Å².